The molecule has 17 heavy (non-hydrogen) atoms. The molecule has 1 N–H and O–H groups in total. The van der Waals surface area contributed by atoms with E-state index in [-0.39, 0.29) is 5.91 Å². The van der Waals surface area contributed by atoms with E-state index in [0.29, 0.717) is 6.42 Å². The van der Waals surface area contributed by atoms with E-state index >= 15 is 0 Å². The van der Waals surface area contributed by atoms with Crippen LogP contribution in [0.1, 0.15) is 38.2 Å². The van der Waals surface area contributed by atoms with Gasteiger partial charge in [-0.25, -0.2) is 0 Å². The van der Waals surface area contributed by atoms with Crippen LogP contribution < -0.4 is 10.1 Å². The monoisotopic (exact) mass is 233 g/mol. The Kier molecular flexibility index (Phi) is 4.02. The third-order valence-electron chi connectivity index (χ3n) is 2.96. The average molecular weight is 233 g/mol. The van der Waals surface area contributed by atoms with E-state index in [9.17, 15) is 4.79 Å². The summed E-state index contributed by atoms with van der Waals surface area (Å²) in [7, 11) is 0. The number of para-hydroxylation sites is 1. The minimum atomic E-state index is 0.0782. The molecular formula is C14H19NO2. The molecule has 1 aromatic carbocycles. The highest BCUT2D eigenvalue weighted by Gasteiger charge is 2.15. The smallest absolute Gasteiger partial charge is 0.224 e. The molecule has 0 unspecified atom stereocenters. The minimum Gasteiger partial charge on any atom is -0.491 e. The lowest BCUT2D eigenvalue weighted by Crippen LogP contribution is -2.15. The average Bonchev–Trinajstić information content (AvgIpc) is 2.37. The van der Waals surface area contributed by atoms with E-state index in [1.54, 1.807) is 0 Å². The molecule has 1 heterocycles. The molecule has 0 radical (unpaired) electrons. The normalized spacial score (nSPS) is 13.7. The summed E-state index contributed by atoms with van der Waals surface area (Å²) < 4.78 is 5.65. The van der Waals surface area contributed by atoms with E-state index in [2.05, 4.69) is 18.3 Å². The highest BCUT2D eigenvalue weighted by atomic mass is 16.5. The molecular weight excluding hydrogens is 214 g/mol. The van der Waals surface area contributed by atoms with Crippen molar-refractivity contribution in [2.24, 2.45) is 0 Å². The van der Waals surface area contributed by atoms with Gasteiger partial charge in [-0.05, 0) is 30.9 Å². The van der Waals surface area contributed by atoms with Gasteiger partial charge < -0.3 is 10.1 Å². The first kappa shape index (κ1) is 12.0. The van der Waals surface area contributed by atoms with E-state index < -0.39 is 0 Å². The van der Waals surface area contributed by atoms with Gasteiger partial charge in [-0.15, -0.1) is 0 Å². The van der Waals surface area contributed by atoms with Gasteiger partial charge in [-0.1, -0.05) is 25.5 Å². The lowest BCUT2D eigenvalue weighted by atomic mass is 10.1. The first-order valence-electron chi connectivity index (χ1n) is 6.36. The first-order chi connectivity index (χ1) is 8.31. The molecule has 0 fully saturated rings. The maximum Gasteiger partial charge on any atom is 0.224 e. The quantitative estimate of drug-likeness (QED) is 0.867. The number of ether oxygens (including phenoxy) is 1. The third kappa shape index (κ3) is 2.99. The Bertz CT molecular complexity index is 401. The summed E-state index contributed by atoms with van der Waals surface area (Å²) in [6.07, 6.45) is 4.65. The van der Waals surface area contributed by atoms with Gasteiger partial charge in [-0.3, -0.25) is 4.79 Å². The zero-order valence-corrected chi connectivity index (χ0v) is 10.3. The summed E-state index contributed by atoms with van der Waals surface area (Å²) in [5, 5.41) is 2.94. The van der Waals surface area contributed by atoms with Crippen molar-refractivity contribution < 1.29 is 9.53 Å². The zero-order chi connectivity index (χ0) is 12.1. The van der Waals surface area contributed by atoms with Crippen LogP contribution in [0.4, 0.5) is 5.69 Å². The van der Waals surface area contributed by atoms with Gasteiger partial charge in [-0.2, -0.15) is 0 Å². The van der Waals surface area contributed by atoms with Crippen LogP contribution in [0.15, 0.2) is 18.2 Å². The fourth-order valence-electron chi connectivity index (χ4n) is 2.04. The fraction of sp³-hybridized carbons (Fsp3) is 0.500. The maximum absolute atomic E-state index is 11.7. The van der Waals surface area contributed by atoms with E-state index in [1.165, 1.54) is 5.56 Å². The van der Waals surface area contributed by atoms with E-state index in [1.807, 2.05) is 12.1 Å². The van der Waals surface area contributed by atoms with Crippen LogP contribution in [0, 0.1) is 0 Å². The SMILES string of the molecule is CCCCC(=O)Nc1cccc2c1OCCC2. The van der Waals surface area contributed by atoms with Gasteiger partial charge in [0.15, 0.2) is 0 Å². The Hall–Kier alpha value is -1.51. The number of benzene rings is 1. The minimum absolute atomic E-state index is 0.0782. The third-order valence-corrected chi connectivity index (χ3v) is 2.96. The molecule has 3 nitrogen and oxygen atoms in total. The van der Waals surface area contributed by atoms with Crippen LogP contribution >= 0.6 is 0 Å². The second kappa shape index (κ2) is 5.71. The van der Waals surface area contributed by atoms with Crippen LogP contribution in [-0.2, 0) is 11.2 Å². The second-order valence-electron chi connectivity index (χ2n) is 4.40. The summed E-state index contributed by atoms with van der Waals surface area (Å²) in [6, 6.07) is 5.95. The van der Waals surface area contributed by atoms with Crippen molar-refractivity contribution in [2.75, 3.05) is 11.9 Å². The Morgan fingerprint density at radius 3 is 3.18 bits per heavy atom. The number of aryl methyl sites for hydroxylation is 1. The lowest BCUT2D eigenvalue weighted by Gasteiger charge is -2.20. The topological polar surface area (TPSA) is 38.3 Å². The van der Waals surface area contributed by atoms with Crippen molar-refractivity contribution in [3.63, 3.8) is 0 Å². The number of amides is 1. The summed E-state index contributed by atoms with van der Waals surface area (Å²) in [6.45, 7) is 2.83. The first-order valence-corrected chi connectivity index (χ1v) is 6.36. The summed E-state index contributed by atoms with van der Waals surface area (Å²) in [4.78, 5) is 11.7. The van der Waals surface area contributed by atoms with Gasteiger partial charge in [0, 0.05) is 6.42 Å². The van der Waals surface area contributed by atoms with Crippen LogP contribution in [0.3, 0.4) is 0 Å². The molecule has 0 saturated heterocycles. The molecule has 0 atom stereocenters. The molecule has 92 valence electrons. The highest BCUT2D eigenvalue weighted by molar-refractivity contribution is 5.92. The Morgan fingerprint density at radius 1 is 1.47 bits per heavy atom. The van der Waals surface area contributed by atoms with E-state index in [4.69, 9.17) is 4.74 Å². The molecule has 2 rings (SSSR count). The van der Waals surface area contributed by atoms with Crippen LogP contribution in [0.5, 0.6) is 5.75 Å². The standard InChI is InChI=1S/C14H19NO2/c1-2-3-9-13(16)15-12-8-4-6-11-7-5-10-17-14(11)12/h4,6,8H,2-3,5,7,9-10H2,1H3,(H,15,16). The molecule has 1 aliphatic heterocycles. The van der Waals surface area contributed by atoms with Gasteiger partial charge >= 0.3 is 0 Å². The number of fused-ring (bicyclic) bond motifs is 1. The molecule has 1 aliphatic rings. The van der Waals surface area contributed by atoms with Crippen molar-refractivity contribution in [1.29, 1.82) is 0 Å². The van der Waals surface area contributed by atoms with Crippen molar-refractivity contribution >= 4 is 11.6 Å². The number of unbranched alkanes of at least 4 members (excludes halogenated alkanes) is 1. The zero-order valence-electron chi connectivity index (χ0n) is 10.3. The van der Waals surface area contributed by atoms with E-state index in [0.717, 1.165) is 43.7 Å². The maximum atomic E-state index is 11.7. The Labute approximate surface area is 102 Å². The van der Waals surface area contributed by atoms with Gasteiger partial charge in [0.1, 0.15) is 5.75 Å². The molecule has 0 bridgehead atoms. The second-order valence-corrected chi connectivity index (χ2v) is 4.40. The molecule has 0 spiro atoms. The lowest BCUT2D eigenvalue weighted by molar-refractivity contribution is -0.116. The van der Waals surface area contributed by atoms with Gasteiger partial charge in [0.25, 0.3) is 0 Å². The van der Waals surface area contributed by atoms with Gasteiger partial charge in [0.2, 0.25) is 5.91 Å². The van der Waals surface area contributed by atoms with Crippen molar-refractivity contribution in [1.82, 2.24) is 0 Å². The largest absolute Gasteiger partial charge is 0.491 e. The summed E-state index contributed by atoms with van der Waals surface area (Å²) in [5.74, 6) is 0.943. The molecule has 3 heteroatoms. The summed E-state index contributed by atoms with van der Waals surface area (Å²) >= 11 is 0. The van der Waals surface area contributed by atoms with Crippen molar-refractivity contribution in [2.45, 2.75) is 39.0 Å². The predicted octanol–water partition coefficient (Wildman–Crippen LogP) is 3.14. The number of carbonyl (C=O) groups is 1. The number of rotatable bonds is 4. The molecule has 0 aliphatic carbocycles. The molecule has 1 amide bonds. The number of hydrogen-bond acceptors (Lipinski definition) is 2. The predicted molar refractivity (Wildman–Crippen MR) is 68.4 cm³/mol. The van der Waals surface area contributed by atoms with Crippen LogP contribution in [0.2, 0.25) is 0 Å². The summed E-state index contributed by atoms with van der Waals surface area (Å²) in [5.41, 5.74) is 2.02. The van der Waals surface area contributed by atoms with Crippen molar-refractivity contribution in [3.05, 3.63) is 23.8 Å². The van der Waals surface area contributed by atoms with Crippen LogP contribution in [0.25, 0.3) is 0 Å². The number of nitrogens with one attached hydrogen (secondary N) is 1. The molecule has 1 aromatic rings. The van der Waals surface area contributed by atoms with Gasteiger partial charge in [0.05, 0.1) is 12.3 Å². The number of carbonyl (C=O) groups excluding carboxylic acids is 1. The molecule has 0 saturated carbocycles. The Morgan fingerprint density at radius 2 is 2.35 bits per heavy atom. The molecule has 0 aromatic heterocycles. The highest BCUT2D eigenvalue weighted by Crippen LogP contribution is 2.32. The fourth-order valence-corrected chi connectivity index (χ4v) is 2.04. The van der Waals surface area contributed by atoms with Crippen LogP contribution in [-0.4, -0.2) is 12.5 Å². The number of hydrogen-bond donors (Lipinski definition) is 1. The Balaban J connectivity index is 2.08. The number of anilines is 1. The van der Waals surface area contributed by atoms with Crippen molar-refractivity contribution in [3.8, 4) is 5.75 Å².